The largest absolute Gasteiger partial charge is 0.282 e. The predicted octanol–water partition coefficient (Wildman–Crippen LogP) is 5.54. The van der Waals surface area contributed by atoms with E-state index < -0.39 is 0 Å². The van der Waals surface area contributed by atoms with E-state index in [2.05, 4.69) is 53.7 Å². The van der Waals surface area contributed by atoms with E-state index in [4.69, 9.17) is 9.98 Å². The van der Waals surface area contributed by atoms with Gasteiger partial charge in [-0.25, -0.2) is 0 Å². The van der Waals surface area contributed by atoms with E-state index >= 15 is 0 Å². The van der Waals surface area contributed by atoms with Crippen LogP contribution in [0.15, 0.2) is 33.3 Å². The van der Waals surface area contributed by atoms with Crippen molar-refractivity contribution in [3.8, 4) is 0 Å². The molecule has 1 aliphatic carbocycles. The standard InChI is InChI=1S/C20H32N2/c1-7-14(5)21-17-11-15(8-2)19-18(12-17)16(9-3)13-20(6,10-4)22-19/h11-12,14,16H,7-10,13H2,1-6H3. The number of hydrogen-bond donors (Lipinski definition) is 0. The summed E-state index contributed by atoms with van der Waals surface area (Å²) in [5, 5.41) is 0. The van der Waals surface area contributed by atoms with Crippen LogP contribution in [0.4, 0.5) is 0 Å². The Morgan fingerprint density at radius 2 is 2.00 bits per heavy atom. The van der Waals surface area contributed by atoms with Gasteiger partial charge < -0.3 is 0 Å². The normalized spacial score (nSPS) is 31.3. The highest BCUT2D eigenvalue weighted by molar-refractivity contribution is 6.24. The smallest absolute Gasteiger partial charge is 0.0649 e. The van der Waals surface area contributed by atoms with Crippen molar-refractivity contribution in [1.29, 1.82) is 0 Å². The average molecular weight is 300 g/mol. The summed E-state index contributed by atoms with van der Waals surface area (Å²) < 4.78 is 0. The van der Waals surface area contributed by atoms with E-state index in [-0.39, 0.29) is 5.54 Å². The van der Waals surface area contributed by atoms with Gasteiger partial charge in [0.15, 0.2) is 0 Å². The molecule has 2 nitrogen and oxygen atoms in total. The average Bonchev–Trinajstić information content (AvgIpc) is 2.53. The van der Waals surface area contributed by atoms with Crippen LogP contribution in [0.1, 0.15) is 73.6 Å². The van der Waals surface area contributed by atoms with Gasteiger partial charge in [0.1, 0.15) is 0 Å². The summed E-state index contributed by atoms with van der Waals surface area (Å²) in [7, 11) is 0. The Hall–Kier alpha value is -1.18. The number of hydrogen-bond acceptors (Lipinski definition) is 2. The van der Waals surface area contributed by atoms with Gasteiger partial charge in [0, 0.05) is 6.04 Å². The molecule has 122 valence electrons. The molecule has 1 heterocycles. The van der Waals surface area contributed by atoms with Crippen molar-refractivity contribution in [3.05, 3.63) is 23.3 Å². The quantitative estimate of drug-likeness (QED) is 0.595. The van der Waals surface area contributed by atoms with Gasteiger partial charge >= 0.3 is 0 Å². The molecule has 22 heavy (non-hydrogen) atoms. The van der Waals surface area contributed by atoms with Gasteiger partial charge in [-0.2, -0.15) is 0 Å². The van der Waals surface area contributed by atoms with E-state index in [0.717, 1.165) is 25.0 Å². The minimum atomic E-state index is 0.104. The molecule has 0 amide bonds. The zero-order valence-electron chi connectivity index (χ0n) is 15.2. The molecule has 2 rings (SSSR count). The second-order valence-corrected chi connectivity index (χ2v) is 7.05. The molecule has 0 spiro atoms. The third kappa shape index (κ3) is 3.42. The number of nitrogens with zero attached hydrogens (tertiary/aromatic N) is 2. The highest BCUT2D eigenvalue weighted by Crippen LogP contribution is 2.40. The summed E-state index contributed by atoms with van der Waals surface area (Å²) in [4.78, 5) is 10.0. The first-order chi connectivity index (χ1) is 10.5. The molecule has 3 unspecified atom stereocenters. The number of allylic oxidation sites excluding steroid dienone is 4. The molecule has 0 bridgehead atoms. The zero-order valence-corrected chi connectivity index (χ0v) is 15.2. The summed E-state index contributed by atoms with van der Waals surface area (Å²) in [6.07, 6.45) is 10.2. The maximum Gasteiger partial charge on any atom is 0.0649 e. The molecule has 0 saturated heterocycles. The van der Waals surface area contributed by atoms with Crippen molar-refractivity contribution in [2.45, 2.75) is 85.2 Å². The second kappa shape index (κ2) is 6.93. The van der Waals surface area contributed by atoms with Crippen LogP contribution >= 0.6 is 0 Å². The third-order valence-electron chi connectivity index (χ3n) is 5.31. The van der Waals surface area contributed by atoms with Crippen LogP contribution in [-0.2, 0) is 0 Å². The van der Waals surface area contributed by atoms with Crippen molar-refractivity contribution in [1.82, 2.24) is 0 Å². The molecular formula is C20H32N2. The Morgan fingerprint density at radius 1 is 1.27 bits per heavy atom. The number of aliphatic imine (C=N–C) groups is 2. The van der Waals surface area contributed by atoms with E-state index in [1.165, 1.54) is 29.7 Å². The molecule has 0 saturated carbocycles. The zero-order chi connectivity index (χ0) is 16.3. The fraction of sp³-hybridized carbons (Fsp3) is 0.700. The summed E-state index contributed by atoms with van der Waals surface area (Å²) in [5.74, 6) is 0.620. The van der Waals surface area contributed by atoms with Crippen LogP contribution in [0.3, 0.4) is 0 Å². The van der Waals surface area contributed by atoms with Gasteiger partial charge in [-0.3, -0.25) is 9.98 Å². The van der Waals surface area contributed by atoms with Gasteiger partial charge in [0.2, 0.25) is 0 Å². The summed E-state index contributed by atoms with van der Waals surface area (Å²) in [6.45, 7) is 13.5. The van der Waals surface area contributed by atoms with E-state index in [1.54, 1.807) is 0 Å². The van der Waals surface area contributed by atoms with Crippen LogP contribution in [-0.4, -0.2) is 23.0 Å². The molecular weight excluding hydrogens is 268 g/mol. The van der Waals surface area contributed by atoms with Gasteiger partial charge in [-0.1, -0.05) is 27.7 Å². The summed E-state index contributed by atoms with van der Waals surface area (Å²) in [6, 6.07) is 0.393. The Labute approximate surface area is 136 Å². The highest BCUT2D eigenvalue weighted by atomic mass is 14.9. The number of rotatable bonds is 5. The summed E-state index contributed by atoms with van der Waals surface area (Å²) >= 11 is 0. The van der Waals surface area contributed by atoms with Crippen molar-refractivity contribution < 1.29 is 0 Å². The lowest BCUT2D eigenvalue weighted by atomic mass is 9.73. The molecule has 0 aromatic rings. The van der Waals surface area contributed by atoms with E-state index in [0.29, 0.717) is 12.0 Å². The molecule has 2 aliphatic rings. The van der Waals surface area contributed by atoms with Crippen molar-refractivity contribution in [2.24, 2.45) is 15.9 Å². The summed E-state index contributed by atoms with van der Waals surface area (Å²) in [5.41, 5.74) is 5.34. The lowest BCUT2D eigenvalue weighted by Crippen LogP contribution is -2.36. The molecule has 1 aliphatic heterocycles. The topological polar surface area (TPSA) is 24.7 Å². The Balaban J connectivity index is 2.50. The molecule has 2 heteroatoms. The molecule has 0 aromatic carbocycles. The highest BCUT2D eigenvalue weighted by Gasteiger charge is 2.36. The fourth-order valence-electron chi connectivity index (χ4n) is 3.38. The van der Waals surface area contributed by atoms with Gasteiger partial charge in [0.05, 0.1) is 17.0 Å². The van der Waals surface area contributed by atoms with Crippen molar-refractivity contribution in [2.75, 3.05) is 0 Å². The third-order valence-corrected chi connectivity index (χ3v) is 5.31. The van der Waals surface area contributed by atoms with Crippen LogP contribution in [0.2, 0.25) is 0 Å². The Kier molecular flexibility index (Phi) is 5.41. The van der Waals surface area contributed by atoms with Crippen LogP contribution in [0.25, 0.3) is 0 Å². The van der Waals surface area contributed by atoms with Crippen LogP contribution in [0.5, 0.6) is 0 Å². The van der Waals surface area contributed by atoms with Crippen molar-refractivity contribution in [3.63, 3.8) is 0 Å². The first kappa shape index (κ1) is 17.2. The van der Waals surface area contributed by atoms with E-state index in [9.17, 15) is 0 Å². The lowest BCUT2D eigenvalue weighted by Gasteiger charge is -2.38. The number of fused-ring (bicyclic) bond motifs is 1. The molecule has 3 atom stereocenters. The van der Waals surface area contributed by atoms with E-state index in [1.807, 2.05) is 0 Å². The van der Waals surface area contributed by atoms with Crippen LogP contribution < -0.4 is 0 Å². The predicted molar refractivity (Wildman–Crippen MR) is 98.2 cm³/mol. The lowest BCUT2D eigenvalue weighted by molar-refractivity contribution is 0.344. The molecule has 0 aromatic heterocycles. The molecule has 0 N–H and O–H groups in total. The van der Waals surface area contributed by atoms with Crippen LogP contribution in [0, 0.1) is 5.92 Å². The van der Waals surface area contributed by atoms with Gasteiger partial charge in [-0.05, 0) is 75.2 Å². The Bertz CT molecular complexity index is 536. The first-order valence-corrected chi connectivity index (χ1v) is 9.06. The Morgan fingerprint density at radius 3 is 2.55 bits per heavy atom. The van der Waals surface area contributed by atoms with Crippen molar-refractivity contribution >= 4 is 11.4 Å². The monoisotopic (exact) mass is 300 g/mol. The maximum atomic E-state index is 5.16. The van der Waals surface area contributed by atoms with Gasteiger partial charge in [-0.15, -0.1) is 0 Å². The maximum absolute atomic E-state index is 5.16. The SMILES string of the molecule is CCC1=CC(=NC(C)CC)C=C2C1=NC(C)(CC)CC2CC. The van der Waals surface area contributed by atoms with Gasteiger partial charge in [0.25, 0.3) is 0 Å². The minimum Gasteiger partial charge on any atom is -0.282 e. The molecule has 0 fully saturated rings. The molecule has 0 radical (unpaired) electrons. The first-order valence-electron chi connectivity index (χ1n) is 9.06. The fourth-order valence-corrected chi connectivity index (χ4v) is 3.38. The second-order valence-electron chi connectivity index (χ2n) is 7.05. The minimum absolute atomic E-state index is 0.104.